The standard InChI is InChI=1S/C20H20BrClN2O2/c21-15-5-3-4-14(12-15)6-9-19(25)23-18-8-7-16(22)13-17(18)20(26)24-10-1-2-11-24/h3-5,7-8,12-13H,1-2,6,9-11H2,(H,23,25). The zero-order valence-electron chi connectivity index (χ0n) is 14.3. The van der Waals surface area contributed by atoms with Crippen molar-refractivity contribution in [1.29, 1.82) is 0 Å². The van der Waals surface area contributed by atoms with E-state index in [0.717, 1.165) is 36.0 Å². The second-order valence-electron chi connectivity index (χ2n) is 6.37. The maximum Gasteiger partial charge on any atom is 0.256 e. The van der Waals surface area contributed by atoms with Crippen LogP contribution in [0.2, 0.25) is 5.02 Å². The van der Waals surface area contributed by atoms with E-state index in [1.165, 1.54) is 0 Å². The molecule has 26 heavy (non-hydrogen) atoms. The topological polar surface area (TPSA) is 49.4 Å². The van der Waals surface area contributed by atoms with E-state index >= 15 is 0 Å². The molecule has 0 aliphatic carbocycles. The number of aryl methyl sites for hydroxylation is 1. The van der Waals surface area contributed by atoms with Crippen molar-refractivity contribution in [1.82, 2.24) is 4.90 Å². The van der Waals surface area contributed by atoms with Crippen molar-refractivity contribution in [2.75, 3.05) is 18.4 Å². The Morgan fingerprint density at radius 2 is 1.88 bits per heavy atom. The number of nitrogens with zero attached hydrogens (tertiary/aromatic N) is 1. The fraction of sp³-hybridized carbons (Fsp3) is 0.300. The SMILES string of the molecule is O=C(CCc1cccc(Br)c1)Nc1ccc(Cl)cc1C(=O)N1CCCC1. The number of likely N-dealkylation sites (tertiary alicyclic amines) is 1. The van der Waals surface area contributed by atoms with E-state index in [9.17, 15) is 9.59 Å². The maximum atomic E-state index is 12.7. The first-order valence-electron chi connectivity index (χ1n) is 8.66. The van der Waals surface area contributed by atoms with Crippen LogP contribution < -0.4 is 5.32 Å². The zero-order chi connectivity index (χ0) is 18.5. The Morgan fingerprint density at radius 3 is 2.62 bits per heavy atom. The van der Waals surface area contributed by atoms with Crippen LogP contribution in [0.25, 0.3) is 0 Å². The van der Waals surface area contributed by atoms with Crippen molar-refractivity contribution in [3.8, 4) is 0 Å². The Labute approximate surface area is 166 Å². The van der Waals surface area contributed by atoms with Gasteiger partial charge in [0.05, 0.1) is 11.3 Å². The van der Waals surface area contributed by atoms with Crippen LogP contribution in [0.3, 0.4) is 0 Å². The zero-order valence-corrected chi connectivity index (χ0v) is 16.6. The third-order valence-corrected chi connectivity index (χ3v) is 5.14. The minimum atomic E-state index is -0.122. The maximum absolute atomic E-state index is 12.7. The molecule has 136 valence electrons. The van der Waals surface area contributed by atoms with Crippen LogP contribution >= 0.6 is 27.5 Å². The molecule has 0 atom stereocenters. The van der Waals surface area contributed by atoms with E-state index in [4.69, 9.17) is 11.6 Å². The molecule has 1 aliphatic heterocycles. The minimum absolute atomic E-state index is 0.0766. The lowest BCUT2D eigenvalue weighted by Crippen LogP contribution is -2.29. The summed E-state index contributed by atoms with van der Waals surface area (Å²) in [5.41, 5.74) is 2.06. The van der Waals surface area contributed by atoms with Crippen LogP contribution in [0.15, 0.2) is 46.9 Å². The van der Waals surface area contributed by atoms with E-state index in [1.54, 1.807) is 18.2 Å². The quantitative estimate of drug-likeness (QED) is 0.725. The molecule has 4 nitrogen and oxygen atoms in total. The van der Waals surface area contributed by atoms with Gasteiger partial charge in [-0.05, 0) is 55.2 Å². The first-order valence-corrected chi connectivity index (χ1v) is 9.83. The van der Waals surface area contributed by atoms with Crippen molar-refractivity contribution in [3.05, 3.63) is 63.1 Å². The molecule has 1 N–H and O–H groups in total. The number of halogens is 2. The average molecular weight is 436 g/mol. The van der Waals surface area contributed by atoms with Crippen LogP contribution in [0.4, 0.5) is 5.69 Å². The van der Waals surface area contributed by atoms with Crippen LogP contribution in [-0.4, -0.2) is 29.8 Å². The molecule has 3 rings (SSSR count). The number of rotatable bonds is 5. The molecule has 2 amide bonds. The molecule has 0 bridgehead atoms. The number of amides is 2. The van der Waals surface area contributed by atoms with Crippen LogP contribution in [0.5, 0.6) is 0 Å². The molecule has 0 unspecified atom stereocenters. The summed E-state index contributed by atoms with van der Waals surface area (Å²) in [5.74, 6) is -0.199. The van der Waals surface area contributed by atoms with E-state index in [2.05, 4.69) is 21.2 Å². The summed E-state index contributed by atoms with van der Waals surface area (Å²) >= 11 is 9.50. The summed E-state index contributed by atoms with van der Waals surface area (Å²) in [5, 5.41) is 3.36. The molecule has 1 fully saturated rings. The van der Waals surface area contributed by atoms with Gasteiger partial charge in [0.25, 0.3) is 5.91 Å². The van der Waals surface area contributed by atoms with Gasteiger partial charge in [0.1, 0.15) is 0 Å². The van der Waals surface area contributed by atoms with Crippen LogP contribution in [0, 0.1) is 0 Å². The molecule has 2 aromatic rings. The summed E-state index contributed by atoms with van der Waals surface area (Å²) in [6, 6.07) is 12.9. The van der Waals surface area contributed by atoms with Gasteiger partial charge in [-0.2, -0.15) is 0 Å². The van der Waals surface area contributed by atoms with Gasteiger partial charge in [0, 0.05) is 29.0 Å². The molecular weight excluding hydrogens is 416 g/mol. The van der Waals surface area contributed by atoms with E-state index in [0.29, 0.717) is 29.1 Å². The minimum Gasteiger partial charge on any atom is -0.339 e. The van der Waals surface area contributed by atoms with Gasteiger partial charge in [0.15, 0.2) is 0 Å². The third-order valence-electron chi connectivity index (χ3n) is 4.41. The smallest absolute Gasteiger partial charge is 0.256 e. The highest BCUT2D eigenvalue weighted by atomic mass is 79.9. The summed E-state index contributed by atoms with van der Waals surface area (Å²) in [7, 11) is 0. The lowest BCUT2D eigenvalue weighted by atomic mass is 10.1. The van der Waals surface area contributed by atoms with Crippen molar-refractivity contribution in [2.45, 2.75) is 25.7 Å². The first-order chi connectivity index (χ1) is 12.5. The number of carbonyl (C=O) groups is 2. The summed E-state index contributed by atoms with van der Waals surface area (Å²) in [4.78, 5) is 26.9. The second-order valence-corrected chi connectivity index (χ2v) is 7.72. The van der Waals surface area contributed by atoms with Gasteiger partial charge in [0.2, 0.25) is 5.91 Å². The fourth-order valence-electron chi connectivity index (χ4n) is 3.06. The lowest BCUT2D eigenvalue weighted by molar-refractivity contribution is -0.116. The van der Waals surface area contributed by atoms with Crippen molar-refractivity contribution in [3.63, 3.8) is 0 Å². The van der Waals surface area contributed by atoms with Crippen molar-refractivity contribution < 1.29 is 9.59 Å². The highest BCUT2D eigenvalue weighted by molar-refractivity contribution is 9.10. The first kappa shape index (κ1) is 18.9. The third kappa shape index (κ3) is 4.86. The number of hydrogen-bond acceptors (Lipinski definition) is 2. The Hall–Kier alpha value is -1.85. The Kier molecular flexibility index (Phi) is 6.33. The molecule has 0 radical (unpaired) electrons. The average Bonchev–Trinajstić information content (AvgIpc) is 3.16. The van der Waals surface area contributed by atoms with Gasteiger partial charge < -0.3 is 10.2 Å². The second kappa shape index (κ2) is 8.69. The van der Waals surface area contributed by atoms with E-state index in [-0.39, 0.29) is 11.8 Å². The molecule has 0 saturated carbocycles. The Bertz CT molecular complexity index is 819. The molecule has 1 heterocycles. The van der Waals surface area contributed by atoms with Gasteiger partial charge in [-0.15, -0.1) is 0 Å². The molecule has 0 spiro atoms. The summed E-state index contributed by atoms with van der Waals surface area (Å²) < 4.78 is 0.992. The monoisotopic (exact) mass is 434 g/mol. The van der Waals surface area contributed by atoms with Crippen LogP contribution in [0.1, 0.15) is 35.2 Å². The van der Waals surface area contributed by atoms with Crippen molar-refractivity contribution in [2.24, 2.45) is 0 Å². The summed E-state index contributed by atoms with van der Waals surface area (Å²) in [6.07, 6.45) is 3.01. The Morgan fingerprint density at radius 1 is 1.12 bits per heavy atom. The lowest BCUT2D eigenvalue weighted by Gasteiger charge is -2.18. The highest BCUT2D eigenvalue weighted by Crippen LogP contribution is 2.24. The number of anilines is 1. The summed E-state index contributed by atoms with van der Waals surface area (Å²) in [6.45, 7) is 1.50. The number of carbonyl (C=O) groups excluding carboxylic acids is 2. The normalized spacial score (nSPS) is 13.7. The largest absolute Gasteiger partial charge is 0.339 e. The number of benzene rings is 2. The number of nitrogens with one attached hydrogen (secondary N) is 1. The van der Waals surface area contributed by atoms with Gasteiger partial charge in [-0.3, -0.25) is 9.59 Å². The van der Waals surface area contributed by atoms with E-state index in [1.807, 2.05) is 29.2 Å². The molecule has 2 aromatic carbocycles. The van der Waals surface area contributed by atoms with Gasteiger partial charge in [-0.1, -0.05) is 39.7 Å². The predicted molar refractivity (Wildman–Crippen MR) is 108 cm³/mol. The molecular formula is C20H20BrClN2O2. The highest BCUT2D eigenvalue weighted by Gasteiger charge is 2.22. The predicted octanol–water partition coefficient (Wildman–Crippen LogP) is 4.91. The van der Waals surface area contributed by atoms with E-state index < -0.39 is 0 Å². The van der Waals surface area contributed by atoms with Gasteiger partial charge >= 0.3 is 0 Å². The van der Waals surface area contributed by atoms with Crippen LogP contribution in [-0.2, 0) is 11.2 Å². The van der Waals surface area contributed by atoms with Gasteiger partial charge in [-0.25, -0.2) is 0 Å². The molecule has 1 aliphatic rings. The number of hydrogen-bond donors (Lipinski definition) is 1. The molecule has 6 heteroatoms. The fourth-order valence-corrected chi connectivity index (χ4v) is 3.67. The molecule has 0 aromatic heterocycles. The van der Waals surface area contributed by atoms with Crippen molar-refractivity contribution >= 4 is 45.0 Å². The molecule has 1 saturated heterocycles. The Balaban J connectivity index is 1.68.